The SMILES string of the molecule is COc1cc(C=c2sc3nc(-c4ccc(C(C)(C)C)cc4)nn3c2=O)ccc1OC(C)=O. The van der Waals surface area contributed by atoms with Crippen molar-refractivity contribution in [1.29, 1.82) is 0 Å². The minimum absolute atomic E-state index is 0.0620. The molecule has 164 valence electrons. The molecule has 4 aromatic rings. The van der Waals surface area contributed by atoms with Crippen LogP contribution in [0.15, 0.2) is 47.3 Å². The summed E-state index contributed by atoms with van der Waals surface area (Å²) in [5.41, 5.74) is 2.64. The topological polar surface area (TPSA) is 82.8 Å². The smallest absolute Gasteiger partial charge is 0.308 e. The van der Waals surface area contributed by atoms with Crippen LogP contribution in [-0.2, 0) is 10.2 Å². The van der Waals surface area contributed by atoms with E-state index in [9.17, 15) is 9.59 Å². The number of hydrogen-bond donors (Lipinski definition) is 0. The summed E-state index contributed by atoms with van der Waals surface area (Å²) < 4.78 is 12.2. The van der Waals surface area contributed by atoms with Crippen molar-refractivity contribution in [3.05, 3.63) is 68.5 Å². The van der Waals surface area contributed by atoms with Crippen LogP contribution in [0.4, 0.5) is 0 Å². The predicted molar refractivity (Wildman–Crippen MR) is 124 cm³/mol. The first-order valence-electron chi connectivity index (χ1n) is 10.0. The van der Waals surface area contributed by atoms with E-state index in [0.29, 0.717) is 26.8 Å². The number of fused-ring (bicyclic) bond motifs is 1. The van der Waals surface area contributed by atoms with E-state index in [1.807, 2.05) is 12.1 Å². The van der Waals surface area contributed by atoms with Crippen LogP contribution in [0.5, 0.6) is 11.5 Å². The molecule has 0 amide bonds. The number of benzene rings is 2. The predicted octanol–water partition coefficient (Wildman–Crippen LogP) is 3.60. The van der Waals surface area contributed by atoms with Gasteiger partial charge < -0.3 is 9.47 Å². The lowest BCUT2D eigenvalue weighted by molar-refractivity contribution is -0.132. The van der Waals surface area contributed by atoms with E-state index in [1.54, 1.807) is 24.3 Å². The molecule has 0 saturated heterocycles. The fraction of sp³-hybridized carbons (Fsp3) is 0.250. The van der Waals surface area contributed by atoms with Crippen molar-refractivity contribution in [3.8, 4) is 22.9 Å². The van der Waals surface area contributed by atoms with Crippen LogP contribution in [0, 0.1) is 0 Å². The van der Waals surface area contributed by atoms with Gasteiger partial charge in [-0.2, -0.15) is 9.50 Å². The number of thiazole rings is 1. The van der Waals surface area contributed by atoms with Gasteiger partial charge in [-0.3, -0.25) is 9.59 Å². The van der Waals surface area contributed by atoms with E-state index in [2.05, 4.69) is 43.0 Å². The van der Waals surface area contributed by atoms with Gasteiger partial charge in [0.2, 0.25) is 4.96 Å². The molecule has 0 atom stereocenters. The minimum Gasteiger partial charge on any atom is -0.493 e. The van der Waals surface area contributed by atoms with Crippen LogP contribution < -0.4 is 19.6 Å². The summed E-state index contributed by atoms with van der Waals surface area (Å²) in [5.74, 6) is 0.815. The van der Waals surface area contributed by atoms with Gasteiger partial charge in [0.1, 0.15) is 0 Å². The maximum atomic E-state index is 12.9. The summed E-state index contributed by atoms with van der Waals surface area (Å²) in [5, 5.41) is 4.42. The summed E-state index contributed by atoms with van der Waals surface area (Å²) in [4.78, 5) is 29.2. The van der Waals surface area contributed by atoms with E-state index in [4.69, 9.17) is 9.47 Å². The van der Waals surface area contributed by atoms with Crippen molar-refractivity contribution in [1.82, 2.24) is 14.6 Å². The average Bonchev–Trinajstić information content (AvgIpc) is 3.28. The number of rotatable bonds is 4. The molecular formula is C24H23N3O4S. The monoisotopic (exact) mass is 449 g/mol. The summed E-state index contributed by atoms with van der Waals surface area (Å²) in [6.07, 6.45) is 1.74. The van der Waals surface area contributed by atoms with Crippen molar-refractivity contribution >= 4 is 28.3 Å². The molecule has 0 spiro atoms. The molecule has 0 aliphatic rings. The number of aromatic nitrogens is 3. The first kappa shape index (κ1) is 21.7. The van der Waals surface area contributed by atoms with Crippen molar-refractivity contribution < 1.29 is 14.3 Å². The number of methoxy groups -OCH3 is 1. The Bertz CT molecular complexity index is 1410. The highest BCUT2D eigenvalue weighted by molar-refractivity contribution is 7.15. The van der Waals surface area contributed by atoms with Crippen LogP contribution in [0.1, 0.15) is 38.8 Å². The lowest BCUT2D eigenvalue weighted by Crippen LogP contribution is -2.23. The van der Waals surface area contributed by atoms with Gasteiger partial charge in [0.25, 0.3) is 5.56 Å². The summed E-state index contributed by atoms with van der Waals surface area (Å²) in [6, 6.07) is 13.2. The van der Waals surface area contributed by atoms with Gasteiger partial charge in [-0.1, -0.05) is 62.4 Å². The molecule has 0 aliphatic heterocycles. The zero-order chi connectivity index (χ0) is 23.0. The fourth-order valence-corrected chi connectivity index (χ4v) is 4.15. The highest BCUT2D eigenvalue weighted by Crippen LogP contribution is 2.28. The second-order valence-electron chi connectivity index (χ2n) is 8.38. The molecule has 0 unspecified atom stereocenters. The zero-order valence-corrected chi connectivity index (χ0v) is 19.3. The lowest BCUT2D eigenvalue weighted by atomic mass is 9.87. The van der Waals surface area contributed by atoms with Crippen molar-refractivity contribution in [3.63, 3.8) is 0 Å². The Hall–Kier alpha value is -3.52. The third kappa shape index (κ3) is 4.27. The van der Waals surface area contributed by atoms with E-state index < -0.39 is 5.97 Å². The summed E-state index contributed by atoms with van der Waals surface area (Å²) >= 11 is 1.27. The Balaban J connectivity index is 1.68. The standard InChI is InChI=1S/C24H23N3O4S/c1-14(28)31-18-11-6-15(12-19(18)30-5)13-20-22(29)27-23(32-20)25-21(26-27)16-7-9-17(10-8-16)24(2,3)4/h6-13H,1-5H3. The van der Waals surface area contributed by atoms with E-state index in [1.165, 1.54) is 35.4 Å². The number of esters is 1. The Morgan fingerprint density at radius 1 is 1.09 bits per heavy atom. The van der Waals surface area contributed by atoms with Gasteiger partial charge in [0.05, 0.1) is 11.6 Å². The molecule has 0 aliphatic carbocycles. The minimum atomic E-state index is -0.434. The van der Waals surface area contributed by atoms with E-state index >= 15 is 0 Å². The number of nitrogens with zero attached hydrogens (tertiary/aromatic N) is 3. The zero-order valence-electron chi connectivity index (χ0n) is 18.5. The number of ether oxygens (including phenoxy) is 2. The van der Waals surface area contributed by atoms with Crippen molar-refractivity contribution in [2.75, 3.05) is 7.11 Å². The number of hydrogen-bond acceptors (Lipinski definition) is 7. The molecule has 2 aromatic heterocycles. The van der Waals surface area contributed by atoms with Crippen LogP contribution in [0.25, 0.3) is 22.4 Å². The van der Waals surface area contributed by atoms with Gasteiger partial charge in [-0.15, -0.1) is 5.10 Å². The molecule has 2 heterocycles. The second-order valence-corrected chi connectivity index (χ2v) is 9.39. The molecule has 4 rings (SSSR count). The Morgan fingerprint density at radius 2 is 1.81 bits per heavy atom. The van der Waals surface area contributed by atoms with E-state index in [-0.39, 0.29) is 11.0 Å². The molecule has 32 heavy (non-hydrogen) atoms. The highest BCUT2D eigenvalue weighted by Gasteiger charge is 2.16. The first-order chi connectivity index (χ1) is 15.2. The normalized spacial score (nSPS) is 12.3. The summed E-state index contributed by atoms with van der Waals surface area (Å²) in [6.45, 7) is 7.81. The Morgan fingerprint density at radius 3 is 2.41 bits per heavy atom. The van der Waals surface area contributed by atoms with E-state index in [0.717, 1.165) is 11.1 Å². The van der Waals surface area contributed by atoms with Crippen LogP contribution in [-0.4, -0.2) is 27.7 Å². The highest BCUT2D eigenvalue weighted by atomic mass is 32.1. The van der Waals surface area contributed by atoms with Gasteiger partial charge in [0.15, 0.2) is 17.3 Å². The third-order valence-corrected chi connectivity index (χ3v) is 5.89. The maximum absolute atomic E-state index is 12.9. The van der Waals surface area contributed by atoms with Crippen molar-refractivity contribution in [2.24, 2.45) is 0 Å². The largest absolute Gasteiger partial charge is 0.493 e. The fourth-order valence-electron chi connectivity index (χ4n) is 3.24. The molecule has 0 radical (unpaired) electrons. The van der Waals surface area contributed by atoms with Gasteiger partial charge in [-0.25, -0.2) is 0 Å². The lowest BCUT2D eigenvalue weighted by Gasteiger charge is -2.18. The molecule has 0 bridgehead atoms. The Labute approximate surface area is 188 Å². The quantitative estimate of drug-likeness (QED) is 0.350. The van der Waals surface area contributed by atoms with Crippen LogP contribution >= 0.6 is 11.3 Å². The first-order valence-corrected chi connectivity index (χ1v) is 10.9. The molecular weight excluding hydrogens is 426 g/mol. The van der Waals surface area contributed by atoms with Gasteiger partial charge in [0, 0.05) is 12.5 Å². The molecule has 2 aromatic carbocycles. The molecule has 0 saturated carbocycles. The Kier molecular flexibility index (Phi) is 5.56. The van der Waals surface area contributed by atoms with Crippen LogP contribution in [0.3, 0.4) is 0 Å². The molecule has 8 heteroatoms. The summed E-state index contributed by atoms with van der Waals surface area (Å²) in [7, 11) is 1.49. The number of carbonyl (C=O) groups is 1. The van der Waals surface area contributed by atoms with Crippen LogP contribution in [0.2, 0.25) is 0 Å². The molecule has 7 nitrogen and oxygen atoms in total. The third-order valence-electron chi connectivity index (χ3n) is 4.93. The van der Waals surface area contributed by atoms with Gasteiger partial charge in [-0.05, 0) is 34.8 Å². The maximum Gasteiger partial charge on any atom is 0.308 e. The average molecular weight is 450 g/mol. The molecule has 0 fully saturated rings. The number of carbonyl (C=O) groups excluding carboxylic acids is 1. The van der Waals surface area contributed by atoms with Crippen molar-refractivity contribution in [2.45, 2.75) is 33.1 Å². The van der Waals surface area contributed by atoms with Gasteiger partial charge >= 0.3 is 5.97 Å². The molecule has 0 N–H and O–H groups in total. The second kappa shape index (κ2) is 8.20.